The average molecular weight is 207 g/mol. The number of carboxylic acid groups (broad SMARTS) is 1. The Morgan fingerprint density at radius 1 is 1.60 bits per heavy atom. The Hall–Kier alpha value is -1.55. The average Bonchev–Trinajstić information content (AvgIpc) is 2.71. The molecule has 15 heavy (non-hydrogen) atoms. The number of furan rings is 1. The molecule has 0 unspecified atom stereocenters. The number of rotatable bonds is 3. The fourth-order valence-electron chi connectivity index (χ4n) is 1.67. The molecule has 1 aliphatic rings. The molecule has 80 valence electrons. The first kappa shape index (κ1) is 9.98. The van der Waals surface area contributed by atoms with Crippen molar-refractivity contribution in [1.29, 1.82) is 0 Å². The molecular formula is C11H13NO3. The van der Waals surface area contributed by atoms with Crippen molar-refractivity contribution in [2.45, 2.75) is 13.0 Å². The molecule has 0 saturated heterocycles. The number of carboxylic acids is 1. The van der Waals surface area contributed by atoms with Gasteiger partial charge < -0.3 is 9.52 Å². The molecule has 0 radical (unpaired) electrons. The van der Waals surface area contributed by atoms with Crippen LogP contribution in [0, 0.1) is 0 Å². The Balaban J connectivity index is 1.91. The molecule has 1 N–H and O–H groups in total. The normalized spacial score (nSPS) is 17.5. The summed E-state index contributed by atoms with van der Waals surface area (Å²) >= 11 is 0. The molecular weight excluding hydrogens is 194 g/mol. The van der Waals surface area contributed by atoms with Crippen LogP contribution in [0.2, 0.25) is 0 Å². The highest BCUT2D eigenvalue weighted by molar-refractivity contribution is 5.86. The second-order valence-electron chi connectivity index (χ2n) is 3.60. The van der Waals surface area contributed by atoms with E-state index in [0.717, 1.165) is 18.8 Å². The Kier molecular flexibility index (Phi) is 2.87. The second kappa shape index (κ2) is 4.31. The molecule has 0 aromatic carbocycles. The molecule has 4 heteroatoms. The van der Waals surface area contributed by atoms with Crippen molar-refractivity contribution in [3.63, 3.8) is 0 Å². The molecule has 1 aromatic rings. The molecule has 0 fully saturated rings. The summed E-state index contributed by atoms with van der Waals surface area (Å²) in [6.45, 7) is 2.21. The third-order valence-corrected chi connectivity index (χ3v) is 2.53. The molecule has 2 heterocycles. The van der Waals surface area contributed by atoms with Gasteiger partial charge in [-0.15, -0.1) is 0 Å². The zero-order chi connectivity index (χ0) is 10.7. The van der Waals surface area contributed by atoms with Crippen LogP contribution in [0.25, 0.3) is 0 Å². The van der Waals surface area contributed by atoms with E-state index in [1.807, 2.05) is 12.1 Å². The summed E-state index contributed by atoms with van der Waals surface area (Å²) in [6, 6.07) is 3.79. The molecule has 2 rings (SSSR count). The Bertz CT molecular complexity index is 367. The topological polar surface area (TPSA) is 53.7 Å². The van der Waals surface area contributed by atoms with Crippen molar-refractivity contribution in [3.8, 4) is 0 Å². The minimum Gasteiger partial charge on any atom is -0.478 e. The summed E-state index contributed by atoms with van der Waals surface area (Å²) < 4.78 is 5.23. The number of hydrogen-bond acceptors (Lipinski definition) is 3. The van der Waals surface area contributed by atoms with Crippen molar-refractivity contribution >= 4 is 5.97 Å². The van der Waals surface area contributed by atoms with Crippen LogP contribution in [-0.4, -0.2) is 29.1 Å². The van der Waals surface area contributed by atoms with Gasteiger partial charge in [-0.05, 0) is 18.6 Å². The van der Waals surface area contributed by atoms with E-state index in [4.69, 9.17) is 9.52 Å². The van der Waals surface area contributed by atoms with Crippen molar-refractivity contribution < 1.29 is 14.3 Å². The minimum absolute atomic E-state index is 0.519. The predicted molar refractivity (Wildman–Crippen MR) is 54.3 cm³/mol. The van der Waals surface area contributed by atoms with Gasteiger partial charge in [0.15, 0.2) is 0 Å². The van der Waals surface area contributed by atoms with Crippen LogP contribution in [0.5, 0.6) is 0 Å². The highest BCUT2D eigenvalue weighted by atomic mass is 16.4. The van der Waals surface area contributed by atoms with Crippen LogP contribution in [0.1, 0.15) is 12.2 Å². The van der Waals surface area contributed by atoms with E-state index in [0.29, 0.717) is 18.5 Å². The third-order valence-electron chi connectivity index (χ3n) is 2.53. The summed E-state index contributed by atoms with van der Waals surface area (Å²) in [5.74, 6) is 0.120. The summed E-state index contributed by atoms with van der Waals surface area (Å²) in [6.07, 6.45) is 4.03. The van der Waals surface area contributed by atoms with Crippen LogP contribution < -0.4 is 0 Å². The van der Waals surface area contributed by atoms with Crippen LogP contribution in [0.4, 0.5) is 0 Å². The lowest BCUT2D eigenvalue weighted by molar-refractivity contribution is -0.133. The van der Waals surface area contributed by atoms with Crippen molar-refractivity contribution in [2.75, 3.05) is 13.1 Å². The van der Waals surface area contributed by atoms with Gasteiger partial charge in [-0.25, -0.2) is 4.79 Å². The van der Waals surface area contributed by atoms with E-state index < -0.39 is 5.97 Å². The lowest BCUT2D eigenvalue weighted by Crippen LogP contribution is -2.29. The lowest BCUT2D eigenvalue weighted by atomic mass is 10.1. The van der Waals surface area contributed by atoms with Crippen molar-refractivity contribution in [2.24, 2.45) is 0 Å². The lowest BCUT2D eigenvalue weighted by Gasteiger charge is -2.23. The largest absolute Gasteiger partial charge is 0.478 e. The molecule has 0 amide bonds. The van der Waals surface area contributed by atoms with Gasteiger partial charge in [-0.2, -0.15) is 0 Å². The fraction of sp³-hybridized carbons (Fsp3) is 0.364. The highest BCUT2D eigenvalue weighted by Gasteiger charge is 2.16. The molecule has 1 aliphatic heterocycles. The first-order chi connectivity index (χ1) is 7.25. The quantitative estimate of drug-likeness (QED) is 0.816. The fourth-order valence-corrected chi connectivity index (χ4v) is 1.67. The molecule has 0 bridgehead atoms. The van der Waals surface area contributed by atoms with E-state index in [-0.39, 0.29) is 0 Å². The van der Waals surface area contributed by atoms with Gasteiger partial charge in [-0.3, -0.25) is 4.90 Å². The number of hydrogen-bond donors (Lipinski definition) is 1. The number of carbonyl (C=O) groups is 1. The van der Waals surface area contributed by atoms with E-state index in [9.17, 15) is 4.79 Å². The first-order valence-electron chi connectivity index (χ1n) is 4.93. The van der Waals surface area contributed by atoms with E-state index in [2.05, 4.69) is 4.90 Å². The maximum absolute atomic E-state index is 10.7. The standard InChI is InChI=1S/C11H13NO3/c13-11(14)9-3-5-12(6-4-9)8-10-2-1-7-15-10/h1-3,7H,4-6,8H2,(H,13,14). The number of nitrogens with zero attached hydrogens (tertiary/aromatic N) is 1. The first-order valence-corrected chi connectivity index (χ1v) is 4.93. The van der Waals surface area contributed by atoms with Gasteiger partial charge in [0, 0.05) is 18.7 Å². The Morgan fingerprint density at radius 2 is 2.47 bits per heavy atom. The summed E-state index contributed by atoms with van der Waals surface area (Å²) in [4.78, 5) is 12.8. The van der Waals surface area contributed by atoms with Gasteiger partial charge in [-0.1, -0.05) is 6.08 Å². The summed E-state index contributed by atoms with van der Waals surface area (Å²) in [5.41, 5.74) is 0.519. The molecule has 0 spiro atoms. The van der Waals surface area contributed by atoms with Gasteiger partial charge in [0.1, 0.15) is 5.76 Å². The molecule has 1 aromatic heterocycles. The number of aliphatic carboxylic acids is 1. The van der Waals surface area contributed by atoms with E-state index in [1.165, 1.54) is 0 Å². The maximum Gasteiger partial charge on any atom is 0.331 e. The van der Waals surface area contributed by atoms with Crippen molar-refractivity contribution in [3.05, 3.63) is 35.8 Å². The van der Waals surface area contributed by atoms with Crippen LogP contribution in [-0.2, 0) is 11.3 Å². The molecule has 0 saturated carbocycles. The van der Waals surface area contributed by atoms with Gasteiger partial charge in [0.2, 0.25) is 0 Å². The zero-order valence-corrected chi connectivity index (χ0v) is 8.35. The molecule has 0 atom stereocenters. The highest BCUT2D eigenvalue weighted by Crippen LogP contribution is 2.13. The van der Waals surface area contributed by atoms with E-state index in [1.54, 1.807) is 12.3 Å². The monoisotopic (exact) mass is 207 g/mol. The zero-order valence-electron chi connectivity index (χ0n) is 8.35. The second-order valence-corrected chi connectivity index (χ2v) is 3.60. The smallest absolute Gasteiger partial charge is 0.331 e. The van der Waals surface area contributed by atoms with Crippen LogP contribution >= 0.6 is 0 Å². The van der Waals surface area contributed by atoms with Crippen molar-refractivity contribution in [1.82, 2.24) is 4.90 Å². The summed E-state index contributed by atoms with van der Waals surface area (Å²) in [7, 11) is 0. The van der Waals surface area contributed by atoms with Gasteiger partial charge in [0.25, 0.3) is 0 Å². The molecule has 0 aliphatic carbocycles. The Morgan fingerprint density at radius 3 is 3.00 bits per heavy atom. The van der Waals surface area contributed by atoms with Crippen LogP contribution in [0.3, 0.4) is 0 Å². The Labute approximate surface area is 87.8 Å². The third kappa shape index (κ3) is 2.47. The van der Waals surface area contributed by atoms with Crippen LogP contribution in [0.15, 0.2) is 34.5 Å². The molecule has 4 nitrogen and oxygen atoms in total. The SMILES string of the molecule is O=C(O)C1=CCN(Cc2ccco2)CC1. The van der Waals surface area contributed by atoms with E-state index >= 15 is 0 Å². The maximum atomic E-state index is 10.7. The van der Waals surface area contributed by atoms with Gasteiger partial charge >= 0.3 is 5.97 Å². The van der Waals surface area contributed by atoms with Gasteiger partial charge in [0.05, 0.1) is 12.8 Å². The predicted octanol–water partition coefficient (Wildman–Crippen LogP) is 1.50. The summed E-state index contributed by atoms with van der Waals surface area (Å²) in [5, 5.41) is 8.78. The minimum atomic E-state index is -0.798.